The molecule has 1 aliphatic rings. The standard InChI is InChI=1S/C25H24F2N4O3/c1-4-16-18(26)6-5-14-11-15(32)12-17(19(14)16)22-21(27)23-20(25(30-22)33-3)24(29-13(2)28-23)31-7-9-34-10-8-31/h5-6,11-12,32H,4,7-10H2,1-3H3. The highest BCUT2D eigenvalue weighted by Crippen LogP contribution is 2.41. The number of ether oxygens (including phenoxy) is 2. The third-order valence-corrected chi connectivity index (χ3v) is 6.11. The molecule has 5 rings (SSSR count). The Morgan fingerprint density at radius 3 is 2.56 bits per heavy atom. The lowest BCUT2D eigenvalue weighted by atomic mass is 9.94. The molecule has 34 heavy (non-hydrogen) atoms. The number of rotatable bonds is 4. The first kappa shape index (κ1) is 22.2. The van der Waals surface area contributed by atoms with Crippen LogP contribution in [0.25, 0.3) is 32.9 Å². The van der Waals surface area contributed by atoms with Crippen LogP contribution in [0.1, 0.15) is 18.3 Å². The zero-order valence-electron chi connectivity index (χ0n) is 19.2. The van der Waals surface area contributed by atoms with Gasteiger partial charge in [0, 0.05) is 18.7 Å². The van der Waals surface area contributed by atoms with Crippen LogP contribution < -0.4 is 9.64 Å². The zero-order chi connectivity index (χ0) is 24.0. The summed E-state index contributed by atoms with van der Waals surface area (Å²) in [5.74, 6) is -0.0881. The van der Waals surface area contributed by atoms with Crippen molar-refractivity contribution < 1.29 is 23.4 Å². The summed E-state index contributed by atoms with van der Waals surface area (Å²) in [6, 6.07) is 5.83. The summed E-state index contributed by atoms with van der Waals surface area (Å²) in [5.41, 5.74) is 0.673. The molecule has 1 fully saturated rings. The van der Waals surface area contributed by atoms with Gasteiger partial charge in [-0.05, 0) is 47.9 Å². The maximum Gasteiger partial charge on any atom is 0.227 e. The first-order chi connectivity index (χ1) is 16.4. The van der Waals surface area contributed by atoms with Crippen molar-refractivity contribution in [1.29, 1.82) is 0 Å². The molecule has 2 aromatic carbocycles. The summed E-state index contributed by atoms with van der Waals surface area (Å²) < 4.78 is 41.9. The fraction of sp³-hybridized carbons (Fsp3) is 0.320. The van der Waals surface area contributed by atoms with Crippen molar-refractivity contribution in [3.63, 3.8) is 0 Å². The number of methoxy groups -OCH3 is 1. The quantitative estimate of drug-likeness (QED) is 0.473. The van der Waals surface area contributed by atoms with E-state index in [9.17, 15) is 9.50 Å². The number of morpholine rings is 1. The Morgan fingerprint density at radius 1 is 1.09 bits per heavy atom. The third kappa shape index (κ3) is 3.56. The number of fused-ring (bicyclic) bond motifs is 2. The van der Waals surface area contributed by atoms with Crippen LogP contribution in [0.3, 0.4) is 0 Å². The Balaban J connectivity index is 1.86. The number of phenols is 1. The second-order valence-electron chi connectivity index (χ2n) is 8.17. The maximum atomic E-state index is 16.2. The molecular weight excluding hydrogens is 442 g/mol. The molecular formula is C25H24F2N4O3. The first-order valence-corrected chi connectivity index (χ1v) is 11.1. The minimum atomic E-state index is -0.686. The maximum absolute atomic E-state index is 16.2. The molecule has 4 aromatic rings. The Labute approximate surface area is 195 Å². The lowest BCUT2D eigenvalue weighted by Crippen LogP contribution is -2.37. The molecule has 0 aliphatic carbocycles. The lowest BCUT2D eigenvalue weighted by Gasteiger charge is -2.29. The van der Waals surface area contributed by atoms with E-state index >= 15 is 4.39 Å². The number of aryl methyl sites for hydroxylation is 2. The van der Waals surface area contributed by atoms with Gasteiger partial charge in [-0.25, -0.2) is 23.7 Å². The van der Waals surface area contributed by atoms with Gasteiger partial charge in [0.05, 0.1) is 20.3 Å². The van der Waals surface area contributed by atoms with Crippen LogP contribution >= 0.6 is 0 Å². The second kappa shape index (κ2) is 8.64. The van der Waals surface area contributed by atoms with Crippen molar-refractivity contribution in [2.24, 2.45) is 0 Å². The molecule has 0 amide bonds. The van der Waals surface area contributed by atoms with E-state index in [1.807, 2.05) is 11.8 Å². The van der Waals surface area contributed by atoms with Crippen LogP contribution in [0.4, 0.5) is 14.6 Å². The number of pyridine rings is 1. The molecule has 1 saturated heterocycles. The van der Waals surface area contributed by atoms with Gasteiger partial charge in [0.25, 0.3) is 0 Å². The predicted octanol–water partition coefficient (Wildman–Crippen LogP) is 4.54. The van der Waals surface area contributed by atoms with Crippen molar-refractivity contribution in [3.8, 4) is 22.9 Å². The van der Waals surface area contributed by atoms with Gasteiger partial charge in [0.15, 0.2) is 5.82 Å². The Kier molecular flexibility index (Phi) is 5.65. The number of hydrogen-bond acceptors (Lipinski definition) is 7. The van der Waals surface area contributed by atoms with Crippen molar-refractivity contribution in [2.75, 3.05) is 38.3 Å². The average Bonchev–Trinajstić information content (AvgIpc) is 2.84. The van der Waals surface area contributed by atoms with E-state index < -0.39 is 11.6 Å². The topological polar surface area (TPSA) is 80.6 Å². The highest BCUT2D eigenvalue weighted by molar-refractivity contribution is 6.03. The molecule has 0 bridgehead atoms. The van der Waals surface area contributed by atoms with Gasteiger partial charge in [-0.2, -0.15) is 0 Å². The Hall–Kier alpha value is -3.59. The molecule has 1 aliphatic heterocycles. The largest absolute Gasteiger partial charge is 0.508 e. The Bertz CT molecular complexity index is 1420. The molecule has 0 atom stereocenters. The van der Waals surface area contributed by atoms with Gasteiger partial charge in [-0.1, -0.05) is 13.0 Å². The highest BCUT2D eigenvalue weighted by Gasteiger charge is 2.26. The molecule has 0 unspecified atom stereocenters. The summed E-state index contributed by atoms with van der Waals surface area (Å²) in [6.45, 7) is 5.76. The number of benzene rings is 2. The van der Waals surface area contributed by atoms with Crippen LogP contribution in [0.15, 0.2) is 24.3 Å². The summed E-state index contributed by atoms with van der Waals surface area (Å²) in [7, 11) is 1.45. The number of hydrogen-bond donors (Lipinski definition) is 1. The fourth-order valence-electron chi connectivity index (χ4n) is 4.59. The predicted molar refractivity (Wildman–Crippen MR) is 126 cm³/mol. The van der Waals surface area contributed by atoms with Crippen LogP contribution in [0, 0.1) is 18.6 Å². The van der Waals surface area contributed by atoms with Crippen molar-refractivity contribution in [3.05, 3.63) is 47.3 Å². The van der Waals surface area contributed by atoms with E-state index in [2.05, 4.69) is 15.0 Å². The zero-order valence-corrected chi connectivity index (χ0v) is 19.2. The van der Waals surface area contributed by atoms with E-state index in [1.54, 1.807) is 13.0 Å². The van der Waals surface area contributed by atoms with Crippen molar-refractivity contribution in [1.82, 2.24) is 15.0 Å². The molecule has 9 heteroatoms. The van der Waals surface area contributed by atoms with E-state index in [4.69, 9.17) is 9.47 Å². The van der Waals surface area contributed by atoms with Crippen molar-refractivity contribution in [2.45, 2.75) is 20.3 Å². The van der Waals surface area contributed by atoms with Gasteiger partial charge in [-0.15, -0.1) is 0 Å². The number of nitrogens with zero attached hydrogens (tertiary/aromatic N) is 4. The van der Waals surface area contributed by atoms with Crippen molar-refractivity contribution >= 4 is 27.5 Å². The van der Waals surface area contributed by atoms with Crippen LogP contribution in [0.2, 0.25) is 0 Å². The minimum absolute atomic E-state index is 0.0572. The van der Waals surface area contributed by atoms with Gasteiger partial charge < -0.3 is 19.5 Å². The number of halogens is 2. The van der Waals surface area contributed by atoms with E-state index in [0.29, 0.717) is 66.1 Å². The van der Waals surface area contributed by atoms with Gasteiger partial charge in [0.1, 0.15) is 39.8 Å². The van der Waals surface area contributed by atoms with Crippen LogP contribution in [-0.4, -0.2) is 53.5 Å². The molecule has 176 valence electrons. The van der Waals surface area contributed by atoms with Gasteiger partial charge >= 0.3 is 0 Å². The normalized spacial score (nSPS) is 14.2. The number of aromatic hydroxyl groups is 1. The van der Waals surface area contributed by atoms with Crippen LogP contribution in [0.5, 0.6) is 11.6 Å². The molecule has 0 spiro atoms. The summed E-state index contributed by atoms with van der Waals surface area (Å²) in [5, 5.41) is 11.8. The van der Waals surface area contributed by atoms with Crippen LogP contribution in [-0.2, 0) is 11.2 Å². The molecule has 7 nitrogen and oxygen atoms in total. The number of aromatic nitrogens is 3. The summed E-state index contributed by atoms with van der Waals surface area (Å²) >= 11 is 0. The molecule has 1 N–H and O–H groups in total. The molecule has 3 heterocycles. The fourth-order valence-corrected chi connectivity index (χ4v) is 4.59. The van der Waals surface area contributed by atoms with Gasteiger partial charge in [0.2, 0.25) is 5.88 Å². The summed E-state index contributed by atoms with van der Waals surface area (Å²) in [6.07, 6.45) is 0.385. The first-order valence-electron chi connectivity index (χ1n) is 11.1. The second-order valence-corrected chi connectivity index (χ2v) is 8.17. The van der Waals surface area contributed by atoms with Gasteiger partial charge in [-0.3, -0.25) is 0 Å². The molecule has 0 saturated carbocycles. The molecule has 0 radical (unpaired) electrons. The average molecular weight is 466 g/mol. The monoisotopic (exact) mass is 466 g/mol. The van der Waals surface area contributed by atoms with E-state index in [-0.39, 0.29) is 28.4 Å². The minimum Gasteiger partial charge on any atom is -0.508 e. The molecule has 2 aromatic heterocycles. The van der Waals surface area contributed by atoms with E-state index in [0.717, 1.165) is 0 Å². The highest BCUT2D eigenvalue weighted by atomic mass is 19.1. The number of anilines is 1. The number of phenolic OH excluding ortho intramolecular Hbond substituents is 1. The Morgan fingerprint density at radius 2 is 1.85 bits per heavy atom. The summed E-state index contributed by atoms with van der Waals surface area (Å²) in [4.78, 5) is 15.5. The SMILES string of the molecule is CCc1c(F)ccc2cc(O)cc(-c3nc(OC)c4c(N5CCOCC5)nc(C)nc4c3F)c12. The smallest absolute Gasteiger partial charge is 0.227 e. The lowest BCUT2D eigenvalue weighted by molar-refractivity contribution is 0.122. The third-order valence-electron chi connectivity index (χ3n) is 6.11. The van der Waals surface area contributed by atoms with E-state index in [1.165, 1.54) is 25.3 Å².